The summed E-state index contributed by atoms with van der Waals surface area (Å²) < 4.78 is 11.1. The van der Waals surface area contributed by atoms with Gasteiger partial charge in [-0.1, -0.05) is 29.3 Å². The maximum atomic E-state index is 10.7. The lowest BCUT2D eigenvalue weighted by atomic mass is 9.95. The first-order valence-corrected chi connectivity index (χ1v) is 8.81. The number of nitrogens with zero attached hydrogens (tertiary/aromatic N) is 1. The lowest BCUT2D eigenvalue weighted by Crippen LogP contribution is -2.21. The van der Waals surface area contributed by atoms with E-state index < -0.39 is 12.1 Å². The first kappa shape index (κ1) is 24.2. The van der Waals surface area contributed by atoms with Crippen LogP contribution in [0.4, 0.5) is 0 Å². The standard InChI is InChI=1S/C18H20Cl2N2O3.2ClH/c1-10-6-16(25-12-4-5-24-9-12)22-8-13(10)18(23)17(21)11-2-3-14(19)15(20)7-11;;/h2-3,6-8,12,17-18,23H,4-5,9,21H2,1H3;2*1H. The molecule has 5 nitrogen and oxygen atoms in total. The Morgan fingerprint density at radius 3 is 2.59 bits per heavy atom. The van der Waals surface area contributed by atoms with Crippen molar-refractivity contribution in [3.8, 4) is 5.88 Å². The molecule has 150 valence electrons. The van der Waals surface area contributed by atoms with E-state index in [2.05, 4.69) is 4.98 Å². The highest BCUT2D eigenvalue weighted by Gasteiger charge is 2.23. The number of aliphatic hydroxyl groups is 1. The van der Waals surface area contributed by atoms with E-state index in [-0.39, 0.29) is 30.9 Å². The number of benzene rings is 1. The quantitative estimate of drug-likeness (QED) is 0.696. The molecule has 27 heavy (non-hydrogen) atoms. The Bertz CT molecular complexity index is 757. The van der Waals surface area contributed by atoms with Crippen molar-refractivity contribution >= 4 is 48.0 Å². The fourth-order valence-electron chi connectivity index (χ4n) is 2.79. The van der Waals surface area contributed by atoms with Gasteiger partial charge in [0, 0.05) is 24.2 Å². The Morgan fingerprint density at radius 2 is 2.00 bits per heavy atom. The third-order valence-corrected chi connectivity index (χ3v) is 5.03. The third-order valence-electron chi connectivity index (χ3n) is 4.29. The zero-order valence-corrected chi connectivity index (χ0v) is 17.7. The first-order valence-electron chi connectivity index (χ1n) is 8.05. The van der Waals surface area contributed by atoms with Gasteiger partial charge in [0.15, 0.2) is 0 Å². The van der Waals surface area contributed by atoms with E-state index in [4.69, 9.17) is 38.4 Å². The molecule has 1 aromatic heterocycles. The van der Waals surface area contributed by atoms with E-state index in [0.29, 0.717) is 40.3 Å². The minimum absolute atomic E-state index is 0. The second-order valence-electron chi connectivity index (χ2n) is 6.13. The molecule has 0 saturated carbocycles. The van der Waals surface area contributed by atoms with Crippen molar-refractivity contribution in [1.82, 2.24) is 4.98 Å². The van der Waals surface area contributed by atoms with Crippen molar-refractivity contribution < 1.29 is 14.6 Å². The van der Waals surface area contributed by atoms with Crippen molar-refractivity contribution in [1.29, 1.82) is 0 Å². The zero-order valence-electron chi connectivity index (χ0n) is 14.6. The monoisotopic (exact) mass is 454 g/mol. The van der Waals surface area contributed by atoms with E-state index in [1.807, 2.05) is 6.92 Å². The topological polar surface area (TPSA) is 77.6 Å². The number of aryl methyl sites for hydroxylation is 1. The van der Waals surface area contributed by atoms with Gasteiger partial charge in [-0.05, 0) is 30.2 Å². The Morgan fingerprint density at radius 1 is 1.26 bits per heavy atom. The molecule has 9 heteroatoms. The van der Waals surface area contributed by atoms with E-state index in [0.717, 1.165) is 12.0 Å². The summed E-state index contributed by atoms with van der Waals surface area (Å²) in [6, 6.07) is 6.24. The minimum atomic E-state index is -0.923. The van der Waals surface area contributed by atoms with Crippen molar-refractivity contribution in [3.05, 3.63) is 57.2 Å². The molecule has 1 saturated heterocycles. The number of pyridine rings is 1. The predicted molar refractivity (Wildman–Crippen MR) is 112 cm³/mol. The van der Waals surface area contributed by atoms with Gasteiger partial charge in [-0.2, -0.15) is 0 Å². The zero-order chi connectivity index (χ0) is 18.0. The number of hydrogen-bond donors (Lipinski definition) is 2. The molecule has 1 aliphatic rings. The van der Waals surface area contributed by atoms with Crippen LogP contribution in [0.2, 0.25) is 10.0 Å². The van der Waals surface area contributed by atoms with Crippen LogP contribution in [0.25, 0.3) is 0 Å². The summed E-state index contributed by atoms with van der Waals surface area (Å²) >= 11 is 12.0. The Labute approximate surface area is 181 Å². The predicted octanol–water partition coefficient (Wildman–Crippen LogP) is 4.44. The van der Waals surface area contributed by atoms with Crippen LogP contribution in [-0.4, -0.2) is 29.4 Å². The summed E-state index contributed by atoms with van der Waals surface area (Å²) in [6.45, 7) is 3.17. The SMILES string of the molecule is Cc1cc(OC2CCOC2)ncc1C(O)C(N)c1ccc(Cl)c(Cl)c1.Cl.Cl. The summed E-state index contributed by atoms with van der Waals surface area (Å²) in [4.78, 5) is 4.29. The summed E-state index contributed by atoms with van der Waals surface area (Å²) in [5, 5.41) is 11.5. The molecule has 1 aromatic carbocycles. The van der Waals surface area contributed by atoms with Crippen LogP contribution in [0.5, 0.6) is 5.88 Å². The fourth-order valence-corrected chi connectivity index (χ4v) is 3.09. The number of aliphatic hydroxyl groups excluding tert-OH is 1. The average molecular weight is 456 g/mol. The molecule has 3 atom stereocenters. The summed E-state index contributed by atoms with van der Waals surface area (Å²) in [5.74, 6) is 0.520. The number of aromatic nitrogens is 1. The molecule has 3 unspecified atom stereocenters. The highest BCUT2D eigenvalue weighted by Crippen LogP contribution is 2.32. The van der Waals surface area contributed by atoms with Crippen molar-refractivity contribution in [2.75, 3.05) is 13.2 Å². The molecule has 0 bridgehead atoms. The largest absolute Gasteiger partial charge is 0.472 e. The molecule has 0 radical (unpaired) electrons. The smallest absolute Gasteiger partial charge is 0.213 e. The van der Waals surface area contributed by atoms with Crippen LogP contribution >= 0.6 is 48.0 Å². The molecule has 0 aliphatic carbocycles. The molecule has 3 N–H and O–H groups in total. The highest BCUT2D eigenvalue weighted by atomic mass is 35.5. The Balaban J connectivity index is 0.00000182. The Hall–Kier alpha value is -0.790. The summed E-state index contributed by atoms with van der Waals surface area (Å²) in [5.41, 5.74) is 8.40. The average Bonchev–Trinajstić information content (AvgIpc) is 3.09. The minimum Gasteiger partial charge on any atom is -0.472 e. The van der Waals surface area contributed by atoms with Gasteiger partial charge < -0.3 is 20.3 Å². The maximum absolute atomic E-state index is 10.7. The molecule has 1 aliphatic heterocycles. The lowest BCUT2D eigenvalue weighted by molar-refractivity contribution is 0.136. The summed E-state index contributed by atoms with van der Waals surface area (Å²) in [6.07, 6.45) is 1.56. The number of ether oxygens (including phenoxy) is 2. The highest BCUT2D eigenvalue weighted by molar-refractivity contribution is 6.42. The van der Waals surface area contributed by atoms with Gasteiger partial charge in [0.1, 0.15) is 6.10 Å². The van der Waals surface area contributed by atoms with E-state index >= 15 is 0 Å². The normalized spacial score (nSPS) is 18.2. The molecule has 0 spiro atoms. The van der Waals surface area contributed by atoms with Crippen LogP contribution in [0.3, 0.4) is 0 Å². The van der Waals surface area contributed by atoms with E-state index in [9.17, 15) is 5.11 Å². The van der Waals surface area contributed by atoms with Crippen LogP contribution in [0, 0.1) is 6.92 Å². The molecule has 0 amide bonds. The second kappa shape index (κ2) is 10.7. The van der Waals surface area contributed by atoms with Gasteiger partial charge in [0.05, 0.1) is 35.4 Å². The van der Waals surface area contributed by atoms with Crippen LogP contribution < -0.4 is 10.5 Å². The van der Waals surface area contributed by atoms with Crippen molar-refractivity contribution in [2.45, 2.75) is 31.6 Å². The van der Waals surface area contributed by atoms with Gasteiger partial charge in [-0.15, -0.1) is 24.8 Å². The Kier molecular flexibility index (Phi) is 9.58. The van der Waals surface area contributed by atoms with Crippen LogP contribution in [0.1, 0.15) is 35.3 Å². The van der Waals surface area contributed by atoms with E-state index in [1.165, 1.54) is 0 Å². The first-order chi connectivity index (χ1) is 12.0. The molecule has 1 fully saturated rings. The molecule has 2 heterocycles. The maximum Gasteiger partial charge on any atom is 0.213 e. The lowest BCUT2D eigenvalue weighted by Gasteiger charge is -2.22. The van der Waals surface area contributed by atoms with Crippen molar-refractivity contribution in [3.63, 3.8) is 0 Å². The summed E-state index contributed by atoms with van der Waals surface area (Å²) in [7, 11) is 0. The van der Waals surface area contributed by atoms with Crippen LogP contribution in [0.15, 0.2) is 30.5 Å². The number of nitrogens with two attached hydrogens (primary N) is 1. The van der Waals surface area contributed by atoms with Gasteiger partial charge in [-0.25, -0.2) is 4.98 Å². The molecular weight excluding hydrogens is 434 g/mol. The van der Waals surface area contributed by atoms with Gasteiger partial charge >= 0.3 is 0 Å². The molecule has 2 aromatic rings. The number of halogens is 4. The van der Waals surface area contributed by atoms with Crippen LogP contribution in [-0.2, 0) is 4.74 Å². The van der Waals surface area contributed by atoms with E-state index in [1.54, 1.807) is 30.5 Å². The number of rotatable bonds is 5. The fraction of sp³-hybridized carbons (Fsp3) is 0.389. The number of hydrogen-bond acceptors (Lipinski definition) is 5. The molecular formula is C18H22Cl4N2O3. The van der Waals surface area contributed by atoms with Crippen molar-refractivity contribution in [2.24, 2.45) is 5.73 Å². The van der Waals surface area contributed by atoms with Gasteiger partial charge in [-0.3, -0.25) is 0 Å². The van der Waals surface area contributed by atoms with Gasteiger partial charge in [0.25, 0.3) is 0 Å². The second-order valence-corrected chi connectivity index (χ2v) is 6.94. The molecule has 3 rings (SSSR count). The van der Waals surface area contributed by atoms with Gasteiger partial charge in [0.2, 0.25) is 5.88 Å². The third kappa shape index (κ3) is 5.84.